The summed E-state index contributed by atoms with van der Waals surface area (Å²) >= 11 is 3.65. The van der Waals surface area contributed by atoms with Crippen molar-refractivity contribution in [3.63, 3.8) is 0 Å². The maximum absolute atomic E-state index is 5.96. The van der Waals surface area contributed by atoms with Crippen molar-refractivity contribution in [2.45, 2.75) is 13.8 Å². The molecule has 0 aliphatic rings. The lowest BCUT2D eigenvalue weighted by Gasteiger charge is -2.06. The minimum absolute atomic E-state index is 0.896. The standard InChI is InChI=1S/C19H14BrNO/c1-11-7-13(8-12(2)21-11)14-9-16-15-5-3-4-6-18(15)22-19(16)17(20)10-14/h3-10H,1-2H3. The molecule has 22 heavy (non-hydrogen) atoms. The summed E-state index contributed by atoms with van der Waals surface area (Å²) in [5.41, 5.74) is 6.22. The number of hydrogen-bond acceptors (Lipinski definition) is 2. The monoisotopic (exact) mass is 351 g/mol. The molecule has 0 bridgehead atoms. The molecule has 2 aromatic heterocycles. The Bertz CT molecular complexity index is 996. The predicted octanol–water partition coefficient (Wildman–Crippen LogP) is 6.03. The van der Waals surface area contributed by atoms with Gasteiger partial charge in [0.2, 0.25) is 0 Å². The molecule has 0 fully saturated rings. The first-order valence-corrected chi connectivity index (χ1v) is 7.97. The Morgan fingerprint density at radius 2 is 1.55 bits per heavy atom. The normalized spacial score (nSPS) is 11.4. The van der Waals surface area contributed by atoms with Gasteiger partial charge in [0.1, 0.15) is 11.2 Å². The number of fused-ring (bicyclic) bond motifs is 3. The van der Waals surface area contributed by atoms with Crippen molar-refractivity contribution >= 4 is 37.9 Å². The van der Waals surface area contributed by atoms with Gasteiger partial charge in [-0.15, -0.1) is 0 Å². The predicted molar refractivity (Wildman–Crippen MR) is 94.1 cm³/mol. The molecule has 108 valence electrons. The molecule has 0 saturated heterocycles. The fourth-order valence-corrected chi connectivity index (χ4v) is 3.49. The van der Waals surface area contributed by atoms with E-state index >= 15 is 0 Å². The lowest BCUT2D eigenvalue weighted by atomic mass is 10.0. The molecule has 0 atom stereocenters. The van der Waals surface area contributed by atoms with Crippen LogP contribution in [0, 0.1) is 13.8 Å². The zero-order chi connectivity index (χ0) is 15.3. The molecule has 4 aromatic rings. The molecule has 0 spiro atoms. The van der Waals surface area contributed by atoms with Crippen molar-refractivity contribution in [2.24, 2.45) is 0 Å². The van der Waals surface area contributed by atoms with Crippen molar-refractivity contribution in [3.05, 3.63) is 64.4 Å². The first-order valence-electron chi connectivity index (χ1n) is 7.18. The number of hydrogen-bond donors (Lipinski definition) is 0. The quantitative estimate of drug-likeness (QED) is 0.418. The molecule has 0 aliphatic carbocycles. The van der Waals surface area contributed by atoms with Gasteiger partial charge < -0.3 is 4.42 Å². The molecule has 0 aliphatic heterocycles. The summed E-state index contributed by atoms with van der Waals surface area (Å²) < 4.78 is 6.94. The molecule has 3 heteroatoms. The van der Waals surface area contributed by atoms with Gasteiger partial charge in [0.15, 0.2) is 0 Å². The third kappa shape index (κ3) is 2.13. The van der Waals surface area contributed by atoms with Crippen LogP contribution in [0.4, 0.5) is 0 Å². The second-order valence-electron chi connectivity index (χ2n) is 5.57. The third-order valence-corrected chi connectivity index (χ3v) is 4.44. The zero-order valence-corrected chi connectivity index (χ0v) is 13.9. The van der Waals surface area contributed by atoms with Gasteiger partial charge in [-0.2, -0.15) is 0 Å². The minimum atomic E-state index is 0.896. The minimum Gasteiger partial charge on any atom is -0.455 e. The number of aryl methyl sites for hydroxylation is 2. The average molecular weight is 352 g/mol. The Morgan fingerprint density at radius 3 is 2.32 bits per heavy atom. The maximum atomic E-state index is 5.96. The smallest absolute Gasteiger partial charge is 0.149 e. The van der Waals surface area contributed by atoms with E-state index in [2.05, 4.69) is 51.2 Å². The van der Waals surface area contributed by atoms with Crippen LogP contribution < -0.4 is 0 Å². The molecular weight excluding hydrogens is 338 g/mol. The fourth-order valence-electron chi connectivity index (χ4n) is 2.95. The number of nitrogens with zero attached hydrogens (tertiary/aromatic N) is 1. The van der Waals surface area contributed by atoms with E-state index in [9.17, 15) is 0 Å². The number of aromatic nitrogens is 1. The number of rotatable bonds is 1. The van der Waals surface area contributed by atoms with Crippen LogP contribution in [-0.2, 0) is 0 Å². The Kier molecular flexibility index (Phi) is 3.05. The van der Waals surface area contributed by atoms with Crippen LogP contribution >= 0.6 is 15.9 Å². The SMILES string of the molecule is Cc1cc(-c2cc(Br)c3oc4ccccc4c3c2)cc(C)n1. The first-order chi connectivity index (χ1) is 10.6. The Morgan fingerprint density at radius 1 is 0.864 bits per heavy atom. The van der Waals surface area contributed by atoms with E-state index in [-0.39, 0.29) is 0 Å². The van der Waals surface area contributed by atoms with E-state index in [1.54, 1.807) is 0 Å². The van der Waals surface area contributed by atoms with Crippen molar-refractivity contribution in [2.75, 3.05) is 0 Å². The van der Waals surface area contributed by atoms with E-state index in [4.69, 9.17) is 4.42 Å². The molecule has 0 amide bonds. The highest BCUT2D eigenvalue weighted by Crippen LogP contribution is 2.37. The van der Waals surface area contributed by atoms with Crippen molar-refractivity contribution in [1.29, 1.82) is 0 Å². The number of para-hydroxylation sites is 1. The summed E-state index contributed by atoms with van der Waals surface area (Å²) in [7, 11) is 0. The van der Waals surface area contributed by atoms with Crippen LogP contribution in [0.1, 0.15) is 11.4 Å². The lowest BCUT2D eigenvalue weighted by molar-refractivity contribution is 0.667. The van der Waals surface area contributed by atoms with E-state index < -0.39 is 0 Å². The highest BCUT2D eigenvalue weighted by Gasteiger charge is 2.12. The largest absolute Gasteiger partial charge is 0.455 e. The van der Waals surface area contributed by atoms with Gasteiger partial charge in [-0.1, -0.05) is 18.2 Å². The summed E-state index contributed by atoms with van der Waals surface area (Å²) in [6.07, 6.45) is 0. The lowest BCUT2D eigenvalue weighted by Crippen LogP contribution is -1.88. The molecule has 2 aromatic carbocycles. The summed E-state index contributed by atoms with van der Waals surface area (Å²) in [5.74, 6) is 0. The third-order valence-electron chi connectivity index (χ3n) is 3.85. The van der Waals surface area contributed by atoms with Gasteiger partial charge in [-0.25, -0.2) is 0 Å². The van der Waals surface area contributed by atoms with Gasteiger partial charge >= 0.3 is 0 Å². The zero-order valence-electron chi connectivity index (χ0n) is 12.4. The summed E-state index contributed by atoms with van der Waals surface area (Å²) in [4.78, 5) is 4.45. The molecule has 0 N–H and O–H groups in total. The van der Waals surface area contributed by atoms with Crippen molar-refractivity contribution in [1.82, 2.24) is 4.98 Å². The number of furan rings is 1. The molecule has 0 saturated carbocycles. The van der Waals surface area contributed by atoms with Crippen LogP contribution in [0.15, 0.2) is 57.4 Å². The molecule has 0 unspecified atom stereocenters. The number of benzene rings is 2. The van der Waals surface area contributed by atoms with Crippen LogP contribution in [0.25, 0.3) is 33.1 Å². The van der Waals surface area contributed by atoms with Gasteiger partial charge in [-0.05, 0) is 71.2 Å². The van der Waals surface area contributed by atoms with E-state index in [0.717, 1.165) is 37.8 Å². The van der Waals surface area contributed by atoms with Crippen LogP contribution in [-0.4, -0.2) is 4.98 Å². The van der Waals surface area contributed by atoms with E-state index in [1.807, 2.05) is 32.0 Å². The van der Waals surface area contributed by atoms with Gasteiger partial charge in [0.25, 0.3) is 0 Å². The summed E-state index contributed by atoms with van der Waals surface area (Å²) in [6.45, 7) is 4.05. The molecular formula is C19H14BrNO. The summed E-state index contributed by atoms with van der Waals surface area (Å²) in [6, 6.07) is 16.7. The topological polar surface area (TPSA) is 26.0 Å². The second-order valence-corrected chi connectivity index (χ2v) is 6.43. The van der Waals surface area contributed by atoms with Crippen LogP contribution in [0.5, 0.6) is 0 Å². The number of halogens is 1. The van der Waals surface area contributed by atoms with Crippen molar-refractivity contribution in [3.8, 4) is 11.1 Å². The Balaban J connectivity index is 2.05. The Labute approximate surface area is 136 Å². The summed E-state index contributed by atoms with van der Waals surface area (Å²) in [5, 5.41) is 2.27. The molecule has 2 nitrogen and oxygen atoms in total. The molecule has 2 heterocycles. The second kappa shape index (κ2) is 4.96. The van der Waals surface area contributed by atoms with Crippen LogP contribution in [0.3, 0.4) is 0 Å². The van der Waals surface area contributed by atoms with Crippen molar-refractivity contribution < 1.29 is 4.42 Å². The fraction of sp³-hybridized carbons (Fsp3) is 0.105. The van der Waals surface area contributed by atoms with E-state index in [0.29, 0.717) is 0 Å². The first kappa shape index (κ1) is 13.5. The van der Waals surface area contributed by atoms with Gasteiger partial charge in [0.05, 0.1) is 4.47 Å². The van der Waals surface area contributed by atoms with E-state index in [1.165, 1.54) is 11.1 Å². The average Bonchev–Trinajstić information content (AvgIpc) is 2.86. The Hall–Kier alpha value is -2.13. The highest BCUT2D eigenvalue weighted by atomic mass is 79.9. The highest BCUT2D eigenvalue weighted by molar-refractivity contribution is 9.10. The van der Waals surface area contributed by atoms with Crippen LogP contribution in [0.2, 0.25) is 0 Å². The van der Waals surface area contributed by atoms with Gasteiger partial charge in [-0.3, -0.25) is 4.98 Å². The van der Waals surface area contributed by atoms with Gasteiger partial charge in [0, 0.05) is 22.2 Å². The maximum Gasteiger partial charge on any atom is 0.149 e. The molecule has 0 radical (unpaired) electrons. The number of pyridine rings is 1. The molecule has 4 rings (SSSR count).